The van der Waals surface area contributed by atoms with Crippen LogP contribution < -0.4 is 20.5 Å². The summed E-state index contributed by atoms with van der Waals surface area (Å²) in [5.41, 5.74) is 7.85. The van der Waals surface area contributed by atoms with E-state index in [0.717, 1.165) is 36.8 Å². The average molecular weight is 546 g/mol. The molecule has 3 aliphatic rings. The van der Waals surface area contributed by atoms with Gasteiger partial charge in [0.2, 0.25) is 11.8 Å². The molecule has 1 fully saturated rings. The number of aromatic nitrogens is 1. The van der Waals surface area contributed by atoms with Gasteiger partial charge in [-0.15, -0.1) is 0 Å². The average Bonchev–Trinajstić information content (AvgIpc) is 2.96. The van der Waals surface area contributed by atoms with Crippen LogP contribution in [-0.4, -0.2) is 60.1 Å². The Morgan fingerprint density at radius 3 is 2.00 bits per heavy atom. The van der Waals surface area contributed by atoms with Gasteiger partial charge >= 0.3 is 0 Å². The predicted molar refractivity (Wildman–Crippen MR) is 152 cm³/mol. The maximum Gasteiger partial charge on any atom is 0.256 e. The minimum absolute atomic E-state index is 0.0638. The molecular formula is C30H35N5O5. The van der Waals surface area contributed by atoms with Gasteiger partial charge in [0.05, 0.1) is 0 Å². The molecule has 0 aliphatic heterocycles. The van der Waals surface area contributed by atoms with Crippen molar-refractivity contribution in [3.05, 3.63) is 77.5 Å². The van der Waals surface area contributed by atoms with E-state index in [9.17, 15) is 4.79 Å². The van der Waals surface area contributed by atoms with Crippen molar-refractivity contribution in [2.24, 2.45) is 16.0 Å². The van der Waals surface area contributed by atoms with Gasteiger partial charge in [0.1, 0.15) is 31.0 Å². The van der Waals surface area contributed by atoms with Crippen molar-refractivity contribution in [2.45, 2.75) is 63.8 Å². The summed E-state index contributed by atoms with van der Waals surface area (Å²) in [6.45, 7) is 4.65. The summed E-state index contributed by atoms with van der Waals surface area (Å²) in [6.07, 6.45) is 17.3. The molecule has 210 valence electrons. The summed E-state index contributed by atoms with van der Waals surface area (Å²) < 4.78 is 12.2. The normalized spacial score (nSPS) is 23.1. The summed E-state index contributed by atoms with van der Waals surface area (Å²) >= 11 is 0. The number of nitrogens with zero attached hydrogens (tertiary/aromatic N) is 3. The lowest BCUT2D eigenvalue weighted by molar-refractivity contribution is 0.0920. The molecule has 0 spiro atoms. The van der Waals surface area contributed by atoms with Gasteiger partial charge in [-0.05, 0) is 105 Å². The number of pyridine rings is 1. The maximum absolute atomic E-state index is 13.3. The lowest BCUT2D eigenvalue weighted by atomic mass is 9.91. The first-order valence-corrected chi connectivity index (χ1v) is 13.6. The van der Waals surface area contributed by atoms with E-state index < -0.39 is 6.10 Å². The Labute approximate surface area is 234 Å². The van der Waals surface area contributed by atoms with Crippen LogP contribution in [0.2, 0.25) is 0 Å². The Bertz CT molecular complexity index is 1260. The largest absolute Gasteiger partial charge is 0.466 e. The highest BCUT2D eigenvalue weighted by Gasteiger charge is 2.24. The van der Waals surface area contributed by atoms with E-state index in [1.807, 2.05) is 62.5 Å². The first kappa shape index (κ1) is 28.6. The number of rotatable bonds is 10. The number of nitrogens with two attached hydrogens (primary N) is 1. The van der Waals surface area contributed by atoms with Crippen LogP contribution in [0, 0.1) is 0 Å². The van der Waals surface area contributed by atoms with E-state index in [-0.39, 0.29) is 30.0 Å². The molecule has 0 saturated heterocycles. The molecule has 10 heteroatoms. The molecule has 1 aromatic rings. The Hall–Kier alpha value is -4.36. The number of amides is 1. The third-order valence-electron chi connectivity index (χ3n) is 6.29. The third kappa shape index (κ3) is 8.58. The molecule has 1 amide bonds. The van der Waals surface area contributed by atoms with Crippen LogP contribution in [0.25, 0.3) is 0 Å². The molecule has 1 saturated carbocycles. The molecule has 1 aromatic heterocycles. The summed E-state index contributed by atoms with van der Waals surface area (Å²) in [7, 11) is 0. The van der Waals surface area contributed by atoms with Crippen LogP contribution in [0.15, 0.2) is 82.2 Å². The van der Waals surface area contributed by atoms with Crippen LogP contribution in [-0.2, 0) is 9.68 Å². The molecule has 3 aliphatic carbocycles. The zero-order valence-corrected chi connectivity index (χ0v) is 22.8. The Morgan fingerprint density at radius 2 is 1.45 bits per heavy atom. The van der Waals surface area contributed by atoms with Crippen LogP contribution >= 0.6 is 0 Å². The van der Waals surface area contributed by atoms with Gasteiger partial charge in [0.25, 0.3) is 5.91 Å². The van der Waals surface area contributed by atoms with Gasteiger partial charge < -0.3 is 30.2 Å². The molecule has 0 bridgehead atoms. The van der Waals surface area contributed by atoms with Gasteiger partial charge in [-0.1, -0.05) is 0 Å². The standard InChI is InChI=1S/C30H35N5O5/c1-3-37-32-19-21-5-13-25(14-6-21)39-28-18-17-27(29(36)34-24-11-9-23(31)10-12-24)30(35-28)40-26-15-7-22(8-16-26)20-33-38-4-2/h5-8,13-18,23-26H,3-4,9-12,31H2,1-2H3,(H,34,36). The summed E-state index contributed by atoms with van der Waals surface area (Å²) in [5, 5.41) is 10.6. The first-order chi connectivity index (χ1) is 19.5. The van der Waals surface area contributed by atoms with E-state index in [2.05, 4.69) is 32.4 Å². The molecule has 10 nitrogen and oxygen atoms in total. The second kappa shape index (κ2) is 14.7. The van der Waals surface area contributed by atoms with Gasteiger partial charge in [-0.3, -0.25) is 4.79 Å². The van der Waals surface area contributed by atoms with Crippen molar-refractivity contribution < 1.29 is 23.9 Å². The minimum atomic E-state index is -0.452. The van der Waals surface area contributed by atoms with E-state index in [0.29, 0.717) is 24.7 Å². The lowest BCUT2D eigenvalue weighted by Crippen LogP contribution is -2.40. The highest BCUT2D eigenvalue weighted by Crippen LogP contribution is 2.26. The highest BCUT2D eigenvalue weighted by molar-refractivity contribution is 5.96. The van der Waals surface area contributed by atoms with Crippen molar-refractivity contribution in [3.63, 3.8) is 0 Å². The SMILES string of the molecule is CCON=C=C1C=CC(Oc2ccc(C(=O)NC3CCC(N)CC3)c(OC3C=CC(=C=NOCC)C=C3)n2)C=C1. The fourth-order valence-electron chi connectivity index (χ4n) is 4.19. The number of ether oxygens (including phenoxy) is 2. The number of allylic oxidation sites excluding steroid dienone is 6. The van der Waals surface area contributed by atoms with Gasteiger partial charge in [-0.2, -0.15) is 4.98 Å². The summed E-state index contributed by atoms with van der Waals surface area (Å²) in [5.74, 6) is 5.86. The molecule has 0 unspecified atom stereocenters. The zero-order chi connectivity index (χ0) is 28.2. The number of nitrogens with one attached hydrogen (secondary N) is 1. The number of hydrogen-bond acceptors (Lipinski definition) is 9. The van der Waals surface area contributed by atoms with Crippen molar-refractivity contribution in [3.8, 4) is 11.8 Å². The smallest absolute Gasteiger partial charge is 0.256 e. The number of carbonyl (C=O) groups excluding carboxylic acids is 1. The molecule has 0 aromatic carbocycles. The molecular weight excluding hydrogens is 510 g/mol. The molecule has 0 atom stereocenters. The minimum Gasteiger partial charge on any atom is -0.466 e. The second-order valence-corrected chi connectivity index (χ2v) is 9.34. The number of hydrogen-bond donors (Lipinski definition) is 2. The van der Waals surface area contributed by atoms with E-state index in [4.69, 9.17) is 24.9 Å². The Balaban J connectivity index is 1.50. The monoisotopic (exact) mass is 545 g/mol. The first-order valence-electron chi connectivity index (χ1n) is 13.6. The van der Waals surface area contributed by atoms with Crippen molar-refractivity contribution in [1.82, 2.24) is 10.3 Å². The van der Waals surface area contributed by atoms with E-state index >= 15 is 0 Å². The maximum atomic E-state index is 13.3. The Kier molecular flexibility index (Phi) is 10.5. The van der Waals surface area contributed by atoms with Gasteiger partial charge in [-0.25, -0.2) is 0 Å². The second-order valence-electron chi connectivity index (χ2n) is 9.34. The molecule has 4 rings (SSSR count). The molecule has 40 heavy (non-hydrogen) atoms. The zero-order valence-electron chi connectivity index (χ0n) is 22.8. The third-order valence-corrected chi connectivity index (χ3v) is 6.29. The van der Waals surface area contributed by atoms with E-state index in [1.54, 1.807) is 12.1 Å². The fraction of sp³-hybridized carbons (Fsp3) is 0.400. The topological polar surface area (TPSA) is 130 Å². The van der Waals surface area contributed by atoms with Crippen molar-refractivity contribution in [2.75, 3.05) is 13.2 Å². The van der Waals surface area contributed by atoms with Gasteiger partial charge in [0.15, 0.2) is 0 Å². The van der Waals surface area contributed by atoms with Crippen LogP contribution in [0.5, 0.6) is 11.8 Å². The Morgan fingerprint density at radius 1 is 0.900 bits per heavy atom. The van der Waals surface area contributed by atoms with Gasteiger partial charge in [0, 0.05) is 41.0 Å². The number of carbonyl (C=O) groups is 1. The predicted octanol–water partition coefficient (Wildman–Crippen LogP) is 3.92. The molecule has 0 radical (unpaired) electrons. The van der Waals surface area contributed by atoms with Crippen molar-refractivity contribution in [1.29, 1.82) is 0 Å². The highest BCUT2D eigenvalue weighted by atomic mass is 16.6. The van der Waals surface area contributed by atoms with Crippen LogP contribution in [0.3, 0.4) is 0 Å². The molecule has 3 N–H and O–H groups in total. The van der Waals surface area contributed by atoms with Crippen LogP contribution in [0.4, 0.5) is 0 Å². The van der Waals surface area contributed by atoms with Crippen molar-refractivity contribution >= 4 is 17.6 Å². The summed E-state index contributed by atoms with van der Waals surface area (Å²) in [6, 6.07) is 3.60. The van der Waals surface area contributed by atoms with Crippen LogP contribution in [0.1, 0.15) is 49.9 Å². The molecule has 1 heterocycles. The summed E-state index contributed by atoms with van der Waals surface area (Å²) in [4.78, 5) is 27.8. The van der Waals surface area contributed by atoms with E-state index in [1.165, 1.54) is 0 Å². The lowest BCUT2D eigenvalue weighted by Gasteiger charge is -2.27. The quantitative estimate of drug-likeness (QED) is 0.337. The fourth-order valence-corrected chi connectivity index (χ4v) is 4.19.